The number of urea groups is 1. The van der Waals surface area contributed by atoms with Gasteiger partial charge in [-0.25, -0.2) is 19.8 Å². The second-order valence-corrected chi connectivity index (χ2v) is 18.4. The summed E-state index contributed by atoms with van der Waals surface area (Å²) in [6.07, 6.45) is 12.5. The standard InChI is InChI=1S/C46H57N13O5/c1-52(2)44(63)38-25-31-27-48-45(51-41(31)58(38)33-5-3-4-6-33)49-39-10-8-35(28-47-39)55-16-11-30(12-17-55)29-53-21-23-56(24-22-53)32-13-18-54(19-14-32)34-7-9-36-37(26-34)43(62)59(42(36)61)57-20-15-40(60)50-46(57)64/h7-10,25-28,30,32-33H,3-6,11-24,29H2,1-2H3,(H,50,60,64)(H,47,48,49,51). The van der Waals surface area contributed by atoms with Gasteiger partial charge in [0.1, 0.15) is 17.2 Å². The molecule has 1 saturated carbocycles. The average Bonchev–Trinajstić information content (AvgIpc) is 4.04. The van der Waals surface area contributed by atoms with Gasteiger partial charge in [-0.3, -0.25) is 29.4 Å². The lowest BCUT2D eigenvalue weighted by atomic mass is 9.95. The Kier molecular flexibility index (Phi) is 11.4. The van der Waals surface area contributed by atoms with Crippen LogP contribution in [0.15, 0.2) is 48.8 Å². The monoisotopic (exact) mass is 871 g/mol. The second kappa shape index (κ2) is 17.4. The van der Waals surface area contributed by atoms with E-state index >= 15 is 0 Å². The lowest BCUT2D eigenvalue weighted by Crippen LogP contribution is -2.58. The Balaban J connectivity index is 0.668. The Bertz CT molecular complexity index is 2440. The maximum absolute atomic E-state index is 13.3. The van der Waals surface area contributed by atoms with Crippen molar-refractivity contribution in [2.45, 2.75) is 69.9 Å². The molecule has 10 rings (SSSR count). The lowest BCUT2D eigenvalue weighted by molar-refractivity contribution is -0.122. The second-order valence-electron chi connectivity index (χ2n) is 18.4. The van der Waals surface area contributed by atoms with Gasteiger partial charge in [0, 0.05) is 109 Å². The SMILES string of the molecule is CN(C)C(=O)c1cc2cnc(Nc3ccc(N4CCC(CN5CCN(C6CCN(c7ccc8c(c7)C(=O)N(N7CCC(=O)NC7=O)C8=O)CC6)CC5)CC4)cn3)nc2n1C1CCCC1. The highest BCUT2D eigenvalue weighted by atomic mass is 16.2. The number of hydrogen-bond donors (Lipinski definition) is 2. The fourth-order valence-electron chi connectivity index (χ4n) is 10.7. The van der Waals surface area contributed by atoms with Crippen LogP contribution in [0.1, 0.15) is 95.0 Å². The van der Waals surface area contributed by atoms with E-state index in [1.165, 1.54) is 0 Å². The first-order chi connectivity index (χ1) is 31.1. The van der Waals surface area contributed by atoms with Crippen LogP contribution in [0.25, 0.3) is 11.0 Å². The van der Waals surface area contributed by atoms with Crippen LogP contribution < -0.4 is 20.4 Å². The molecular formula is C46H57N13O5. The van der Waals surface area contributed by atoms with Gasteiger partial charge in [-0.2, -0.15) is 9.99 Å². The molecular weight excluding hydrogens is 815 g/mol. The van der Waals surface area contributed by atoms with Crippen LogP contribution in [0.3, 0.4) is 0 Å². The summed E-state index contributed by atoms with van der Waals surface area (Å²) in [6, 6.07) is 11.4. The topological polar surface area (TPSA) is 176 Å². The molecule has 1 aromatic carbocycles. The molecule has 0 atom stereocenters. The third-order valence-electron chi connectivity index (χ3n) is 14.2. The number of carbonyl (C=O) groups excluding carboxylic acids is 5. The van der Waals surface area contributed by atoms with Gasteiger partial charge in [0.2, 0.25) is 11.9 Å². The van der Waals surface area contributed by atoms with E-state index in [9.17, 15) is 24.0 Å². The predicted octanol–water partition coefficient (Wildman–Crippen LogP) is 4.34. The van der Waals surface area contributed by atoms with Crippen molar-refractivity contribution in [2.75, 3.05) is 94.7 Å². The Morgan fingerprint density at radius 3 is 2.16 bits per heavy atom. The highest BCUT2D eigenvalue weighted by Crippen LogP contribution is 2.36. The largest absolute Gasteiger partial charge is 0.371 e. The molecule has 1 aliphatic carbocycles. The summed E-state index contributed by atoms with van der Waals surface area (Å²) in [4.78, 5) is 89.5. The minimum Gasteiger partial charge on any atom is -0.371 e. The fourth-order valence-corrected chi connectivity index (χ4v) is 10.7. The molecule has 2 N–H and O–H groups in total. The number of piperidine rings is 2. The van der Waals surface area contributed by atoms with E-state index in [2.05, 4.69) is 45.9 Å². The van der Waals surface area contributed by atoms with Crippen LogP contribution in [-0.2, 0) is 4.79 Å². The highest BCUT2D eigenvalue weighted by molar-refractivity contribution is 6.22. The zero-order valence-corrected chi connectivity index (χ0v) is 36.7. The maximum Gasteiger partial charge on any atom is 0.343 e. The third kappa shape index (κ3) is 8.12. The van der Waals surface area contributed by atoms with Gasteiger partial charge in [0.15, 0.2) is 0 Å². The Morgan fingerprint density at radius 1 is 0.750 bits per heavy atom. The van der Waals surface area contributed by atoms with Gasteiger partial charge in [-0.05, 0) is 80.8 Å². The zero-order valence-electron chi connectivity index (χ0n) is 36.7. The summed E-state index contributed by atoms with van der Waals surface area (Å²) in [5, 5.41) is 8.25. The molecule has 3 aromatic heterocycles. The molecule has 4 aromatic rings. The third-order valence-corrected chi connectivity index (χ3v) is 14.2. The van der Waals surface area contributed by atoms with Crippen molar-refractivity contribution < 1.29 is 24.0 Å². The van der Waals surface area contributed by atoms with E-state index < -0.39 is 23.8 Å². The van der Waals surface area contributed by atoms with Gasteiger partial charge >= 0.3 is 6.03 Å². The number of amides is 6. The van der Waals surface area contributed by atoms with Gasteiger partial charge in [0.25, 0.3) is 17.7 Å². The quantitative estimate of drug-likeness (QED) is 0.216. The Morgan fingerprint density at radius 2 is 1.45 bits per heavy atom. The predicted molar refractivity (Wildman–Crippen MR) is 241 cm³/mol. The van der Waals surface area contributed by atoms with Crippen LogP contribution in [0.5, 0.6) is 0 Å². The average molecular weight is 872 g/mol. The van der Waals surface area contributed by atoms with Crippen molar-refractivity contribution >= 4 is 63.8 Å². The minimum atomic E-state index is -0.760. The van der Waals surface area contributed by atoms with Crippen molar-refractivity contribution in [2.24, 2.45) is 5.92 Å². The van der Waals surface area contributed by atoms with E-state index in [4.69, 9.17) is 9.97 Å². The van der Waals surface area contributed by atoms with Crippen molar-refractivity contribution in [1.29, 1.82) is 0 Å². The number of piperazine rings is 1. The summed E-state index contributed by atoms with van der Waals surface area (Å²) < 4.78 is 2.13. The fraction of sp³-hybridized carbons (Fsp3) is 0.522. The van der Waals surface area contributed by atoms with Crippen molar-refractivity contribution in [1.82, 2.24) is 49.6 Å². The van der Waals surface area contributed by atoms with Crippen LogP contribution in [0.2, 0.25) is 0 Å². The number of nitrogens with one attached hydrogen (secondary N) is 2. The summed E-state index contributed by atoms with van der Waals surface area (Å²) in [5.74, 6) is 0.294. The van der Waals surface area contributed by atoms with Crippen molar-refractivity contribution in [3.63, 3.8) is 0 Å². The molecule has 0 radical (unpaired) electrons. The molecule has 5 fully saturated rings. The number of hydrazine groups is 1. The number of anilines is 4. The lowest BCUT2D eigenvalue weighted by Gasteiger charge is -2.44. The first kappa shape index (κ1) is 41.8. The Hall–Kier alpha value is -6.14. The van der Waals surface area contributed by atoms with Crippen LogP contribution in [0.4, 0.5) is 27.9 Å². The van der Waals surface area contributed by atoms with Gasteiger partial charge in [0.05, 0.1) is 29.6 Å². The number of pyridine rings is 1. The summed E-state index contributed by atoms with van der Waals surface area (Å²) in [5.41, 5.74) is 4.04. The van der Waals surface area contributed by atoms with E-state index in [-0.39, 0.29) is 36.0 Å². The van der Waals surface area contributed by atoms with E-state index in [1.807, 2.05) is 24.4 Å². The number of hydrogen-bond acceptors (Lipinski definition) is 13. The first-order valence-corrected chi connectivity index (χ1v) is 23.0. The van der Waals surface area contributed by atoms with Crippen molar-refractivity contribution in [3.05, 3.63) is 65.6 Å². The highest BCUT2D eigenvalue weighted by Gasteiger charge is 2.43. The van der Waals surface area contributed by atoms with E-state index in [1.54, 1.807) is 37.3 Å². The van der Waals surface area contributed by atoms with E-state index in [0.29, 0.717) is 29.4 Å². The van der Waals surface area contributed by atoms with Crippen LogP contribution in [-0.4, -0.2) is 159 Å². The number of carbonyl (C=O) groups is 5. The molecule has 18 nitrogen and oxygen atoms in total. The minimum absolute atomic E-state index is 0.0176. The molecule has 18 heteroatoms. The molecule has 6 aliphatic rings. The molecule has 6 amide bonds. The number of rotatable bonds is 10. The maximum atomic E-state index is 13.3. The van der Waals surface area contributed by atoms with Crippen LogP contribution >= 0.6 is 0 Å². The Labute approximate surface area is 372 Å². The van der Waals surface area contributed by atoms with E-state index in [0.717, 1.165) is 143 Å². The molecule has 64 heavy (non-hydrogen) atoms. The molecule has 4 saturated heterocycles. The number of aromatic nitrogens is 4. The number of fused-ring (bicyclic) bond motifs is 2. The molecule has 336 valence electrons. The number of benzene rings is 1. The molecule has 0 unspecified atom stereocenters. The first-order valence-electron chi connectivity index (χ1n) is 23.0. The summed E-state index contributed by atoms with van der Waals surface area (Å²) in [7, 11) is 3.57. The normalized spacial score (nSPS) is 21.0. The molecule has 0 spiro atoms. The number of nitrogens with zero attached hydrogens (tertiary/aromatic N) is 11. The molecule has 5 aliphatic heterocycles. The molecule has 0 bridgehead atoms. The summed E-state index contributed by atoms with van der Waals surface area (Å²) >= 11 is 0. The van der Waals surface area contributed by atoms with Crippen LogP contribution in [0, 0.1) is 5.92 Å². The van der Waals surface area contributed by atoms with Gasteiger partial charge < -0.3 is 29.5 Å². The van der Waals surface area contributed by atoms with Gasteiger partial charge in [-0.15, -0.1) is 0 Å². The smallest absolute Gasteiger partial charge is 0.343 e. The van der Waals surface area contributed by atoms with Gasteiger partial charge in [-0.1, -0.05) is 12.8 Å². The summed E-state index contributed by atoms with van der Waals surface area (Å²) in [6.45, 7) is 9.16. The zero-order chi connectivity index (χ0) is 44.1. The van der Waals surface area contributed by atoms with Crippen molar-refractivity contribution in [3.8, 4) is 0 Å². The molecule has 8 heterocycles. The number of imide groups is 2.